The highest BCUT2D eigenvalue weighted by Gasteiger charge is 2.09. The molecule has 0 aliphatic rings. The molecule has 3 rings (SSSR count). The first kappa shape index (κ1) is 21.6. The van der Waals surface area contributed by atoms with Crippen molar-refractivity contribution in [3.63, 3.8) is 0 Å². The molecule has 0 spiro atoms. The molecule has 0 radical (unpaired) electrons. The molecule has 0 saturated carbocycles. The van der Waals surface area contributed by atoms with Crippen LogP contribution in [0.25, 0.3) is 0 Å². The number of rotatable bonds is 8. The van der Waals surface area contributed by atoms with Crippen molar-refractivity contribution in [1.29, 1.82) is 0 Å². The smallest absolute Gasteiger partial charge is 0.319 e. The number of aliphatic carboxylic acids is 1. The van der Waals surface area contributed by atoms with Crippen LogP contribution < -0.4 is 16.0 Å². The number of hydrogen-bond acceptors (Lipinski definition) is 3. The maximum atomic E-state index is 12.5. The lowest BCUT2D eigenvalue weighted by atomic mass is 10.1. The Morgan fingerprint density at radius 2 is 1.48 bits per heavy atom. The number of benzene rings is 3. The Hall–Kier alpha value is -4.13. The average Bonchev–Trinajstić information content (AvgIpc) is 2.78. The number of carbonyl (C=O) groups is 3. The van der Waals surface area contributed by atoms with Gasteiger partial charge in [0.05, 0.1) is 0 Å². The summed E-state index contributed by atoms with van der Waals surface area (Å²) < 4.78 is 0. The minimum Gasteiger partial charge on any atom is -0.481 e. The standard InChI is InChI=1S/C24H23N3O4/c28-22(29)14-11-17-9-12-20(13-10-17)26-23(30)19-7-4-8-21(15-19)27-24(31)25-16-18-5-2-1-3-6-18/h1-10,12-13,15H,11,14,16H2,(H,26,30)(H,28,29)(H2,25,27,31). The highest BCUT2D eigenvalue weighted by Crippen LogP contribution is 2.15. The number of carboxylic acids is 1. The Balaban J connectivity index is 1.54. The summed E-state index contributed by atoms with van der Waals surface area (Å²) in [6, 6.07) is 22.9. The molecule has 0 atom stereocenters. The summed E-state index contributed by atoms with van der Waals surface area (Å²) in [6.07, 6.45) is 0.494. The summed E-state index contributed by atoms with van der Waals surface area (Å²) in [5.74, 6) is -1.16. The van der Waals surface area contributed by atoms with Gasteiger partial charge in [0.15, 0.2) is 0 Å². The van der Waals surface area contributed by atoms with Crippen LogP contribution in [0.5, 0.6) is 0 Å². The molecular formula is C24H23N3O4. The molecule has 3 aromatic rings. The molecular weight excluding hydrogens is 394 g/mol. The Kier molecular flexibility index (Phi) is 7.37. The normalized spacial score (nSPS) is 10.2. The van der Waals surface area contributed by atoms with E-state index in [9.17, 15) is 14.4 Å². The Labute approximate surface area is 180 Å². The second kappa shape index (κ2) is 10.6. The highest BCUT2D eigenvalue weighted by molar-refractivity contribution is 6.05. The van der Waals surface area contributed by atoms with Crippen molar-refractivity contribution in [2.75, 3.05) is 10.6 Å². The molecule has 0 aliphatic heterocycles. The maximum Gasteiger partial charge on any atom is 0.319 e. The van der Waals surface area contributed by atoms with Crippen molar-refractivity contribution < 1.29 is 19.5 Å². The molecule has 0 fully saturated rings. The van der Waals surface area contributed by atoms with E-state index < -0.39 is 5.97 Å². The van der Waals surface area contributed by atoms with Gasteiger partial charge in [-0.1, -0.05) is 48.5 Å². The zero-order valence-corrected chi connectivity index (χ0v) is 16.8. The lowest BCUT2D eigenvalue weighted by Gasteiger charge is -2.10. The zero-order valence-electron chi connectivity index (χ0n) is 16.8. The topological polar surface area (TPSA) is 108 Å². The molecule has 0 unspecified atom stereocenters. The monoisotopic (exact) mass is 417 g/mol. The molecule has 0 aromatic heterocycles. The minimum absolute atomic E-state index is 0.0599. The van der Waals surface area contributed by atoms with Gasteiger partial charge in [-0.15, -0.1) is 0 Å². The largest absolute Gasteiger partial charge is 0.481 e. The third kappa shape index (κ3) is 7.01. The fourth-order valence-corrected chi connectivity index (χ4v) is 2.90. The summed E-state index contributed by atoms with van der Waals surface area (Å²) >= 11 is 0. The predicted molar refractivity (Wildman–Crippen MR) is 119 cm³/mol. The van der Waals surface area contributed by atoms with E-state index in [0.717, 1.165) is 11.1 Å². The second-order valence-electron chi connectivity index (χ2n) is 6.92. The molecule has 158 valence electrons. The van der Waals surface area contributed by atoms with Crippen LogP contribution >= 0.6 is 0 Å². The fraction of sp³-hybridized carbons (Fsp3) is 0.125. The average molecular weight is 417 g/mol. The Morgan fingerprint density at radius 3 is 2.19 bits per heavy atom. The summed E-state index contributed by atoms with van der Waals surface area (Å²) in [5, 5.41) is 17.0. The summed E-state index contributed by atoms with van der Waals surface area (Å²) in [7, 11) is 0. The van der Waals surface area contributed by atoms with Crippen LogP contribution in [-0.4, -0.2) is 23.0 Å². The SMILES string of the molecule is O=C(O)CCc1ccc(NC(=O)c2cccc(NC(=O)NCc3ccccc3)c2)cc1. The molecule has 0 bridgehead atoms. The molecule has 3 aromatic carbocycles. The summed E-state index contributed by atoms with van der Waals surface area (Å²) in [6.45, 7) is 0.398. The molecule has 0 heterocycles. The highest BCUT2D eigenvalue weighted by atomic mass is 16.4. The van der Waals surface area contributed by atoms with Crippen LogP contribution in [-0.2, 0) is 17.8 Å². The molecule has 31 heavy (non-hydrogen) atoms. The lowest BCUT2D eigenvalue weighted by molar-refractivity contribution is -0.136. The van der Waals surface area contributed by atoms with Crippen LogP contribution in [0.15, 0.2) is 78.9 Å². The Bertz CT molecular complexity index is 1050. The van der Waals surface area contributed by atoms with Crippen molar-refractivity contribution in [1.82, 2.24) is 5.32 Å². The number of urea groups is 1. The van der Waals surface area contributed by atoms with Gasteiger partial charge < -0.3 is 21.1 Å². The van der Waals surface area contributed by atoms with Crippen LogP contribution in [0.2, 0.25) is 0 Å². The number of anilines is 2. The number of carbonyl (C=O) groups excluding carboxylic acids is 2. The fourth-order valence-electron chi connectivity index (χ4n) is 2.90. The van der Waals surface area contributed by atoms with Crippen molar-refractivity contribution in [3.05, 3.63) is 95.6 Å². The van der Waals surface area contributed by atoms with E-state index in [2.05, 4.69) is 16.0 Å². The van der Waals surface area contributed by atoms with E-state index in [1.54, 1.807) is 48.5 Å². The minimum atomic E-state index is -0.848. The van der Waals surface area contributed by atoms with Gasteiger partial charge in [0, 0.05) is 29.9 Å². The lowest BCUT2D eigenvalue weighted by Crippen LogP contribution is -2.28. The summed E-state index contributed by atoms with van der Waals surface area (Å²) in [5.41, 5.74) is 3.37. The van der Waals surface area contributed by atoms with E-state index in [1.165, 1.54) is 0 Å². The van der Waals surface area contributed by atoms with E-state index in [0.29, 0.717) is 29.9 Å². The van der Waals surface area contributed by atoms with Crippen LogP contribution in [0.1, 0.15) is 27.9 Å². The Morgan fingerprint density at radius 1 is 0.742 bits per heavy atom. The molecule has 7 heteroatoms. The van der Waals surface area contributed by atoms with Gasteiger partial charge in [-0.05, 0) is 47.9 Å². The van der Waals surface area contributed by atoms with Gasteiger partial charge in [-0.2, -0.15) is 0 Å². The van der Waals surface area contributed by atoms with E-state index >= 15 is 0 Å². The molecule has 4 N–H and O–H groups in total. The van der Waals surface area contributed by atoms with Crippen LogP contribution in [0, 0.1) is 0 Å². The summed E-state index contributed by atoms with van der Waals surface area (Å²) in [4.78, 5) is 35.3. The first-order valence-electron chi connectivity index (χ1n) is 9.80. The molecule has 7 nitrogen and oxygen atoms in total. The number of aryl methyl sites for hydroxylation is 1. The first-order chi connectivity index (χ1) is 15.0. The van der Waals surface area contributed by atoms with Crippen molar-refractivity contribution in [2.24, 2.45) is 0 Å². The predicted octanol–water partition coefficient (Wildman–Crippen LogP) is 4.28. The number of hydrogen-bond donors (Lipinski definition) is 4. The quantitative estimate of drug-likeness (QED) is 0.439. The third-order valence-corrected chi connectivity index (χ3v) is 4.52. The second-order valence-corrected chi connectivity index (χ2v) is 6.92. The van der Waals surface area contributed by atoms with Crippen molar-refractivity contribution in [3.8, 4) is 0 Å². The first-order valence-corrected chi connectivity index (χ1v) is 9.80. The van der Waals surface area contributed by atoms with E-state index in [1.807, 2.05) is 30.3 Å². The van der Waals surface area contributed by atoms with Crippen LogP contribution in [0.3, 0.4) is 0 Å². The number of nitrogens with one attached hydrogen (secondary N) is 3. The zero-order chi connectivity index (χ0) is 22.1. The molecule has 0 saturated heterocycles. The van der Waals surface area contributed by atoms with Gasteiger partial charge in [0.1, 0.15) is 0 Å². The van der Waals surface area contributed by atoms with Crippen LogP contribution in [0.4, 0.5) is 16.2 Å². The van der Waals surface area contributed by atoms with Crippen molar-refractivity contribution in [2.45, 2.75) is 19.4 Å². The number of amides is 3. The van der Waals surface area contributed by atoms with E-state index in [4.69, 9.17) is 5.11 Å². The number of carboxylic acid groups (broad SMARTS) is 1. The molecule has 0 aliphatic carbocycles. The van der Waals surface area contributed by atoms with Crippen molar-refractivity contribution >= 4 is 29.3 Å². The van der Waals surface area contributed by atoms with Gasteiger partial charge >= 0.3 is 12.0 Å². The third-order valence-electron chi connectivity index (χ3n) is 4.52. The van der Waals surface area contributed by atoms with Gasteiger partial charge in [-0.25, -0.2) is 4.79 Å². The molecule has 3 amide bonds. The maximum absolute atomic E-state index is 12.5. The van der Waals surface area contributed by atoms with E-state index in [-0.39, 0.29) is 18.4 Å². The van der Waals surface area contributed by atoms with Gasteiger partial charge in [-0.3, -0.25) is 9.59 Å². The van der Waals surface area contributed by atoms with Gasteiger partial charge in [0.25, 0.3) is 5.91 Å². The van der Waals surface area contributed by atoms with Gasteiger partial charge in [0.2, 0.25) is 0 Å².